The van der Waals surface area contributed by atoms with E-state index in [9.17, 15) is 14.4 Å². The number of carbonyl (C=O) groups is 3. The fraction of sp³-hybridized carbons (Fsp3) is 0.526. The molecule has 1 unspecified atom stereocenters. The van der Waals surface area contributed by atoms with Crippen LogP contribution in [0.5, 0.6) is 5.75 Å². The quantitative estimate of drug-likeness (QED) is 0.807. The summed E-state index contributed by atoms with van der Waals surface area (Å²) in [5, 5.41) is 12.0. The number of hydrogen-bond donors (Lipinski definition) is 2. The van der Waals surface area contributed by atoms with Gasteiger partial charge in [-0.3, -0.25) is 14.4 Å². The molecule has 1 aliphatic heterocycles. The first-order chi connectivity index (χ1) is 12.5. The minimum Gasteiger partial charge on any atom is -0.492 e. The molecule has 2 aliphatic rings. The van der Waals surface area contributed by atoms with Gasteiger partial charge in [0.1, 0.15) is 5.75 Å². The van der Waals surface area contributed by atoms with Crippen molar-refractivity contribution in [3.63, 3.8) is 0 Å². The van der Waals surface area contributed by atoms with Gasteiger partial charge in [0.05, 0.1) is 24.1 Å². The summed E-state index contributed by atoms with van der Waals surface area (Å²) in [5.74, 6) is -1.28. The highest BCUT2D eigenvalue weighted by Crippen LogP contribution is 2.33. The predicted octanol–water partition coefficient (Wildman–Crippen LogP) is 1.81. The molecular formula is C19H24N2O5. The highest BCUT2D eigenvalue weighted by Gasteiger charge is 2.38. The minimum atomic E-state index is -0.809. The van der Waals surface area contributed by atoms with Crippen molar-refractivity contribution in [2.75, 3.05) is 18.1 Å². The van der Waals surface area contributed by atoms with Gasteiger partial charge in [-0.15, -0.1) is 0 Å². The van der Waals surface area contributed by atoms with Gasteiger partial charge in [-0.1, -0.05) is 12.1 Å². The van der Waals surface area contributed by atoms with E-state index in [4.69, 9.17) is 9.84 Å². The van der Waals surface area contributed by atoms with Crippen molar-refractivity contribution < 1.29 is 24.2 Å². The Hall–Kier alpha value is -2.57. The Morgan fingerprint density at radius 2 is 2.04 bits per heavy atom. The maximum absolute atomic E-state index is 12.5. The molecule has 7 nitrogen and oxygen atoms in total. The molecular weight excluding hydrogens is 336 g/mol. The van der Waals surface area contributed by atoms with E-state index in [2.05, 4.69) is 5.32 Å². The largest absolute Gasteiger partial charge is 0.492 e. The molecule has 1 aliphatic carbocycles. The summed E-state index contributed by atoms with van der Waals surface area (Å²) in [6, 6.07) is 7.19. The Morgan fingerprint density at radius 3 is 2.73 bits per heavy atom. The van der Waals surface area contributed by atoms with Crippen LogP contribution in [0.3, 0.4) is 0 Å². The third-order valence-corrected chi connectivity index (χ3v) is 5.08. The Kier molecular flexibility index (Phi) is 5.44. The van der Waals surface area contributed by atoms with Crippen LogP contribution in [0, 0.1) is 11.8 Å². The average Bonchev–Trinajstić information content (AvgIpc) is 3.23. The van der Waals surface area contributed by atoms with Gasteiger partial charge in [-0.25, -0.2) is 0 Å². The average molecular weight is 360 g/mol. The molecule has 0 bridgehead atoms. The third kappa shape index (κ3) is 3.81. The van der Waals surface area contributed by atoms with Crippen LogP contribution in [0.1, 0.15) is 32.6 Å². The van der Waals surface area contributed by atoms with Crippen molar-refractivity contribution in [2.45, 2.75) is 38.6 Å². The van der Waals surface area contributed by atoms with Gasteiger partial charge in [0.15, 0.2) is 0 Å². The van der Waals surface area contributed by atoms with E-state index >= 15 is 0 Å². The molecule has 1 aromatic carbocycles. The van der Waals surface area contributed by atoms with Crippen LogP contribution in [0.25, 0.3) is 0 Å². The number of carbonyl (C=O) groups excluding carboxylic acids is 2. The van der Waals surface area contributed by atoms with Crippen molar-refractivity contribution in [1.29, 1.82) is 0 Å². The second-order valence-corrected chi connectivity index (χ2v) is 6.86. The van der Waals surface area contributed by atoms with Crippen LogP contribution in [-0.4, -0.2) is 42.1 Å². The number of carboxylic acid groups (broad SMARTS) is 1. The van der Waals surface area contributed by atoms with Crippen molar-refractivity contribution in [3.8, 4) is 5.75 Å². The van der Waals surface area contributed by atoms with Gasteiger partial charge in [0.2, 0.25) is 11.8 Å². The van der Waals surface area contributed by atoms with Crippen molar-refractivity contribution in [1.82, 2.24) is 5.32 Å². The number of ether oxygens (including phenoxy) is 1. The summed E-state index contributed by atoms with van der Waals surface area (Å²) < 4.78 is 5.59. The summed E-state index contributed by atoms with van der Waals surface area (Å²) in [5.41, 5.74) is 0.682. The van der Waals surface area contributed by atoms with E-state index in [0.29, 0.717) is 43.9 Å². The topological polar surface area (TPSA) is 95.9 Å². The SMILES string of the molecule is CCOc1ccccc1N1CC(C(=O)N[C@@H]2CC[C@H](C(=O)O)C2)CC1=O. The van der Waals surface area contributed by atoms with Gasteiger partial charge < -0.3 is 20.1 Å². The molecule has 2 fully saturated rings. The Labute approximate surface area is 152 Å². The normalized spacial score (nSPS) is 25.3. The third-order valence-electron chi connectivity index (χ3n) is 5.08. The molecule has 0 radical (unpaired) electrons. The molecule has 0 spiro atoms. The van der Waals surface area contributed by atoms with Crippen molar-refractivity contribution in [3.05, 3.63) is 24.3 Å². The monoisotopic (exact) mass is 360 g/mol. The molecule has 1 saturated carbocycles. The van der Waals surface area contributed by atoms with E-state index in [-0.39, 0.29) is 30.2 Å². The minimum absolute atomic E-state index is 0.105. The van der Waals surface area contributed by atoms with E-state index in [1.807, 2.05) is 31.2 Å². The Morgan fingerprint density at radius 1 is 1.27 bits per heavy atom. The van der Waals surface area contributed by atoms with E-state index in [1.54, 1.807) is 4.90 Å². The Bertz CT molecular complexity index is 705. The molecule has 7 heteroatoms. The molecule has 140 valence electrons. The zero-order valence-electron chi connectivity index (χ0n) is 14.8. The maximum atomic E-state index is 12.5. The predicted molar refractivity (Wildman–Crippen MR) is 95.0 cm³/mol. The summed E-state index contributed by atoms with van der Waals surface area (Å²) in [4.78, 5) is 37.6. The van der Waals surface area contributed by atoms with Gasteiger partial charge in [0.25, 0.3) is 0 Å². The molecule has 26 heavy (non-hydrogen) atoms. The van der Waals surface area contributed by atoms with Crippen LogP contribution in [0.4, 0.5) is 5.69 Å². The molecule has 2 N–H and O–H groups in total. The first-order valence-electron chi connectivity index (χ1n) is 9.05. The van der Waals surface area contributed by atoms with E-state index in [1.165, 1.54) is 0 Å². The summed E-state index contributed by atoms with van der Waals surface area (Å²) in [6.45, 7) is 2.68. The van der Waals surface area contributed by atoms with Crippen molar-refractivity contribution in [2.24, 2.45) is 11.8 Å². The molecule has 3 atom stereocenters. The molecule has 3 rings (SSSR count). The zero-order valence-corrected chi connectivity index (χ0v) is 14.8. The lowest BCUT2D eigenvalue weighted by atomic mass is 10.1. The van der Waals surface area contributed by atoms with Crippen molar-refractivity contribution >= 4 is 23.5 Å². The summed E-state index contributed by atoms with van der Waals surface area (Å²) in [6.07, 6.45) is 1.86. The highest BCUT2D eigenvalue weighted by molar-refractivity contribution is 6.01. The fourth-order valence-corrected chi connectivity index (χ4v) is 3.73. The molecule has 1 heterocycles. The number of benzene rings is 1. The number of hydrogen-bond acceptors (Lipinski definition) is 4. The first kappa shape index (κ1) is 18.2. The van der Waals surface area contributed by atoms with Gasteiger partial charge >= 0.3 is 5.97 Å². The number of carboxylic acids is 1. The van der Waals surface area contributed by atoms with Gasteiger partial charge in [0, 0.05) is 19.0 Å². The smallest absolute Gasteiger partial charge is 0.306 e. The molecule has 1 aromatic rings. The lowest BCUT2D eigenvalue weighted by Gasteiger charge is -2.20. The second-order valence-electron chi connectivity index (χ2n) is 6.86. The van der Waals surface area contributed by atoms with E-state index < -0.39 is 11.9 Å². The number of nitrogens with zero attached hydrogens (tertiary/aromatic N) is 1. The van der Waals surface area contributed by atoms with Crippen LogP contribution < -0.4 is 15.0 Å². The maximum Gasteiger partial charge on any atom is 0.306 e. The molecule has 2 amide bonds. The fourth-order valence-electron chi connectivity index (χ4n) is 3.73. The number of nitrogens with one attached hydrogen (secondary N) is 1. The zero-order chi connectivity index (χ0) is 18.7. The van der Waals surface area contributed by atoms with Gasteiger partial charge in [-0.2, -0.15) is 0 Å². The standard InChI is InChI=1S/C19H24N2O5/c1-2-26-16-6-4-3-5-15(16)21-11-13(10-17(21)22)18(23)20-14-8-7-12(9-14)19(24)25/h3-6,12-14H,2,7-11H2,1H3,(H,20,23)(H,24,25)/t12-,13?,14+/m0/s1. The Balaban J connectivity index is 1.63. The van der Waals surface area contributed by atoms with Crippen LogP contribution in [0.2, 0.25) is 0 Å². The van der Waals surface area contributed by atoms with Crippen LogP contribution in [-0.2, 0) is 14.4 Å². The van der Waals surface area contributed by atoms with E-state index in [0.717, 1.165) is 0 Å². The number of para-hydroxylation sites is 2. The number of rotatable bonds is 6. The van der Waals surface area contributed by atoms with Gasteiger partial charge in [-0.05, 0) is 38.3 Å². The summed E-state index contributed by atoms with van der Waals surface area (Å²) >= 11 is 0. The molecule has 0 aromatic heterocycles. The molecule has 1 saturated heterocycles. The lowest BCUT2D eigenvalue weighted by molar-refractivity contribution is -0.141. The second kappa shape index (κ2) is 7.76. The number of amides is 2. The lowest BCUT2D eigenvalue weighted by Crippen LogP contribution is -2.39. The van der Waals surface area contributed by atoms with Crippen LogP contribution >= 0.6 is 0 Å². The highest BCUT2D eigenvalue weighted by atomic mass is 16.5. The number of anilines is 1. The first-order valence-corrected chi connectivity index (χ1v) is 9.05. The summed E-state index contributed by atoms with van der Waals surface area (Å²) in [7, 11) is 0. The van der Waals surface area contributed by atoms with Crippen LogP contribution in [0.15, 0.2) is 24.3 Å². The number of aliphatic carboxylic acids is 1.